The Morgan fingerprint density at radius 2 is 1.43 bits per heavy atom. The first-order valence-electron chi connectivity index (χ1n) is 13.2. The number of methoxy groups -OCH3 is 1. The van der Waals surface area contributed by atoms with Crippen LogP contribution in [0.2, 0.25) is 0 Å². The second kappa shape index (κ2) is 16.7. The first-order chi connectivity index (χ1) is 17.6. The average molecular weight is 522 g/mol. The number of rotatable bonds is 17. The van der Waals surface area contributed by atoms with Crippen molar-refractivity contribution in [3.8, 4) is 11.5 Å². The fourth-order valence-electron chi connectivity index (χ4n) is 3.87. The van der Waals surface area contributed by atoms with E-state index in [-0.39, 0.29) is 43.6 Å². The Morgan fingerprint density at radius 3 is 1.95 bits per heavy atom. The molecular formula is C28H43NO8. The third-order valence-electron chi connectivity index (χ3n) is 5.81. The van der Waals surface area contributed by atoms with Gasteiger partial charge in [0.05, 0.1) is 7.11 Å². The van der Waals surface area contributed by atoms with Crippen molar-refractivity contribution in [3.63, 3.8) is 0 Å². The zero-order valence-corrected chi connectivity index (χ0v) is 22.9. The molecule has 0 radical (unpaired) electrons. The van der Waals surface area contributed by atoms with Gasteiger partial charge in [0.25, 0.3) is 0 Å². The minimum atomic E-state index is -1.51. The maximum Gasteiger partial charge on any atom is 0.326 e. The van der Waals surface area contributed by atoms with Crippen molar-refractivity contribution in [2.75, 3.05) is 7.11 Å². The Morgan fingerprint density at radius 1 is 0.865 bits per heavy atom. The van der Waals surface area contributed by atoms with E-state index in [4.69, 9.17) is 24.7 Å². The summed E-state index contributed by atoms with van der Waals surface area (Å²) in [6.45, 7) is 7.41. The molecule has 0 spiro atoms. The highest BCUT2D eigenvalue weighted by atomic mass is 16.6. The molecule has 0 aromatic heterocycles. The second-order valence-electron chi connectivity index (χ2n) is 9.33. The fraction of sp³-hybridized carbons (Fsp3) is 0.643. The van der Waals surface area contributed by atoms with Gasteiger partial charge in [0.2, 0.25) is 0 Å². The molecule has 9 nitrogen and oxygen atoms in total. The van der Waals surface area contributed by atoms with Crippen LogP contribution in [0.15, 0.2) is 18.2 Å². The predicted octanol–water partition coefficient (Wildman–Crippen LogP) is 4.80. The van der Waals surface area contributed by atoms with Crippen LogP contribution in [0.1, 0.15) is 97.5 Å². The van der Waals surface area contributed by atoms with E-state index in [9.17, 15) is 19.2 Å². The largest absolute Gasteiger partial charge is 0.468 e. The Bertz CT molecular complexity index is 900. The molecular weight excluding hydrogens is 478 g/mol. The second-order valence-corrected chi connectivity index (χ2v) is 9.33. The lowest BCUT2D eigenvalue weighted by atomic mass is 9.86. The molecule has 0 aliphatic rings. The van der Waals surface area contributed by atoms with E-state index in [0.29, 0.717) is 18.4 Å². The van der Waals surface area contributed by atoms with Crippen molar-refractivity contribution < 1.29 is 38.1 Å². The SMILES string of the molecule is CCCCCC(=O)Oc1ccc(C[C@](N)(CC(C)OC(=O)CC)C(=O)OC)cc1OC(=O)CCCCC. The quantitative estimate of drug-likeness (QED) is 0.174. The molecule has 0 saturated carbocycles. The highest BCUT2D eigenvalue weighted by molar-refractivity contribution is 5.81. The van der Waals surface area contributed by atoms with Gasteiger partial charge in [-0.2, -0.15) is 0 Å². The predicted molar refractivity (Wildman–Crippen MR) is 139 cm³/mol. The van der Waals surface area contributed by atoms with E-state index in [1.165, 1.54) is 13.2 Å². The third-order valence-corrected chi connectivity index (χ3v) is 5.81. The molecule has 1 unspecified atom stereocenters. The van der Waals surface area contributed by atoms with Crippen LogP contribution >= 0.6 is 0 Å². The molecule has 0 fully saturated rings. The van der Waals surface area contributed by atoms with Crippen molar-refractivity contribution >= 4 is 23.9 Å². The van der Waals surface area contributed by atoms with E-state index in [1.807, 2.05) is 13.8 Å². The summed E-state index contributed by atoms with van der Waals surface area (Å²) in [5.74, 6) is -1.72. The fourth-order valence-corrected chi connectivity index (χ4v) is 3.87. The molecule has 0 amide bonds. The van der Waals surface area contributed by atoms with Gasteiger partial charge in [-0.3, -0.25) is 19.2 Å². The zero-order valence-electron chi connectivity index (χ0n) is 22.9. The van der Waals surface area contributed by atoms with Gasteiger partial charge in [0.15, 0.2) is 11.5 Å². The Balaban J connectivity index is 3.19. The Hall–Kier alpha value is -2.94. The lowest BCUT2D eigenvalue weighted by Gasteiger charge is -2.29. The number of nitrogens with two attached hydrogens (primary N) is 1. The van der Waals surface area contributed by atoms with Gasteiger partial charge >= 0.3 is 23.9 Å². The number of esters is 4. The molecule has 0 aliphatic carbocycles. The van der Waals surface area contributed by atoms with E-state index in [0.717, 1.165) is 25.7 Å². The van der Waals surface area contributed by atoms with Crippen LogP contribution in [0.4, 0.5) is 0 Å². The van der Waals surface area contributed by atoms with E-state index < -0.39 is 35.5 Å². The van der Waals surface area contributed by atoms with Crippen LogP contribution in [-0.4, -0.2) is 42.6 Å². The Labute approximate surface area is 220 Å². The van der Waals surface area contributed by atoms with Crippen molar-refractivity contribution in [2.45, 2.75) is 110 Å². The normalized spacial score (nSPS) is 13.2. The summed E-state index contributed by atoms with van der Waals surface area (Å²) < 4.78 is 21.3. The summed E-state index contributed by atoms with van der Waals surface area (Å²) in [5, 5.41) is 0. The van der Waals surface area contributed by atoms with E-state index >= 15 is 0 Å². The minimum Gasteiger partial charge on any atom is -0.468 e. The van der Waals surface area contributed by atoms with Gasteiger partial charge in [-0.05, 0) is 37.5 Å². The monoisotopic (exact) mass is 521 g/mol. The van der Waals surface area contributed by atoms with Crippen molar-refractivity contribution in [1.29, 1.82) is 0 Å². The molecule has 1 rings (SSSR count). The smallest absolute Gasteiger partial charge is 0.326 e. The van der Waals surface area contributed by atoms with Gasteiger partial charge in [-0.15, -0.1) is 0 Å². The number of carbonyl (C=O) groups is 4. The lowest BCUT2D eigenvalue weighted by Crippen LogP contribution is -2.53. The molecule has 1 aromatic carbocycles. The van der Waals surface area contributed by atoms with Crippen LogP contribution in [0.5, 0.6) is 11.5 Å². The Kier molecular flexibility index (Phi) is 14.5. The maximum atomic E-state index is 12.6. The molecule has 0 heterocycles. The number of ether oxygens (including phenoxy) is 4. The summed E-state index contributed by atoms with van der Waals surface area (Å²) in [4.78, 5) is 49.1. The molecule has 208 valence electrons. The molecule has 0 saturated heterocycles. The zero-order chi connectivity index (χ0) is 27.8. The summed E-state index contributed by atoms with van der Waals surface area (Å²) in [5.41, 5.74) is 5.51. The number of hydrogen-bond acceptors (Lipinski definition) is 9. The summed E-state index contributed by atoms with van der Waals surface area (Å²) in [7, 11) is 1.23. The summed E-state index contributed by atoms with van der Waals surface area (Å²) >= 11 is 0. The molecule has 37 heavy (non-hydrogen) atoms. The van der Waals surface area contributed by atoms with Crippen molar-refractivity contribution in [1.82, 2.24) is 0 Å². The van der Waals surface area contributed by atoms with E-state index in [2.05, 4.69) is 0 Å². The van der Waals surface area contributed by atoms with Crippen LogP contribution in [0, 0.1) is 0 Å². The highest BCUT2D eigenvalue weighted by Gasteiger charge is 2.38. The van der Waals surface area contributed by atoms with Gasteiger partial charge < -0.3 is 24.7 Å². The van der Waals surface area contributed by atoms with E-state index in [1.54, 1.807) is 26.0 Å². The molecule has 0 bridgehead atoms. The van der Waals surface area contributed by atoms with Gasteiger partial charge in [-0.1, -0.05) is 52.5 Å². The van der Waals surface area contributed by atoms with Crippen LogP contribution in [0.25, 0.3) is 0 Å². The van der Waals surface area contributed by atoms with Crippen LogP contribution in [-0.2, 0) is 35.1 Å². The highest BCUT2D eigenvalue weighted by Crippen LogP contribution is 2.32. The van der Waals surface area contributed by atoms with Crippen molar-refractivity contribution in [2.24, 2.45) is 5.73 Å². The molecule has 0 aliphatic heterocycles. The third kappa shape index (κ3) is 11.8. The molecule has 9 heteroatoms. The molecule has 1 aromatic rings. The first kappa shape index (κ1) is 32.1. The van der Waals surface area contributed by atoms with Gasteiger partial charge in [0, 0.05) is 32.1 Å². The lowest BCUT2D eigenvalue weighted by molar-refractivity contribution is -0.154. The number of benzene rings is 1. The first-order valence-corrected chi connectivity index (χ1v) is 13.2. The summed E-state index contributed by atoms with van der Waals surface area (Å²) in [6, 6.07) is 4.72. The van der Waals surface area contributed by atoms with Crippen molar-refractivity contribution in [3.05, 3.63) is 23.8 Å². The van der Waals surface area contributed by atoms with Crippen LogP contribution in [0.3, 0.4) is 0 Å². The number of unbranched alkanes of at least 4 members (excludes halogenated alkanes) is 4. The minimum absolute atomic E-state index is 0.0127. The molecule has 2 atom stereocenters. The number of carbonyl (C=O) groups excluding carboxylic acids is 4. The van der Waals surface area contributed by atoms with Gasteiger partial charge in [-0.25, -0.2) is 0 Å². The maximum absolute atomic E-state index is 12.6. The standard InChI is InChI=1S/C28H43NO8/c1-6-9-11-13-25(31)36-22-16-15-21(17-23(22)37-26(32)14-12-10-7-2)19-28(29,27(33)34-5)18-20(4)35-24(30)8-3/h15-17,20H,6-14,18-19,29H2,1-5H3/t20?,28-/m1/s1. The van der Waals surface area contributed by atoms with Gasteiger partial charge in [0.1, 0.15) is 11.6 Å². The van der Waals surface area contributed by atoms with Crippen LogP contribution < -0.4 is 15.2 Å². The number of hydrogen-bond donors (Lipinski definition) is 1. The average Bonchev–Trinajstić information content (AvgIpc) is 2.85. The molecule has 2 N–H and O–H groups in total. The summed E-state index contributed by atoms with van der Waals surface area (Å²) in [6.07, 6.45) is 5.20. The topological polar surface area (TPSA) is 131 Å².